The van der Waals surface area contributed by atoms with Gasteiger partial charge in [-0.2, -0.15) is 0 Å². The van der Waals surface area contributed by atoms with Crippen LogP contribution in [0.3, 0.4) is 0 Å². The molecule has 0 aliphatic carbocycles. The Morgan fingerprint density at radius 1 is 1.50 bits per heavy atom. The first-order valence-corrected chi connectivity index (χ1v) is 9.91. The molecule has 3 aromatic rings. The molecule has 148 valence electrons. The van der Waals surface area contributed by atoms with Crippen molar-refractivity contribution < 1.29 is 9.53 Å². The summed E-state index contributed by atoms with van der Waals surface area (Å²) in [5, 5.41) is 5.17. The number of nitrogens with zero attached hydrogens (tertiary/aromatic N) is 2. The number of amides is 1. The molecule has 3 rings (SSSR count). The van der Waals surface area contributed by atoms with E-state index in [-0.39, 0.29) is 12.1 Å². The van der Waals surface area contributed by atoms with Crippen LogP contribution >= 0.6 is 22.9 Å². The van der Waals surface area contributed by atoms with Crippen LogP contribution in [-0.4, -0.2) is 32.8 Å². The van der Waals surface area contributed by atoms with Crippen molar-refractivity contribution in [3.8, 4) is 10.6 Å². The Morgan fingerprint density at radius 2 is 2.25 bits per heavy atom. The predicted octanol–water partition coefficient (Wildman–Crippen LogP) is 4.27. The standard InChI is InChI=1S/C19H21ClN4O3S/c1-5-11-13-15(17(25)23-10-22-13)24(14(11)16-12(20)6-9-28-16)8-7-21-18(26)27-19(2,3)4/h5-6,9-10H,1,7-8H2,2-4H3,(H,21,26)(H,22,23,25). The van der Waals surface area contributed by atoms with E-state index >= 15 is 0 Å². The highest BCUT2D eigenvalue weighted by atomic mass is 35.5. The van der Waals surface area contributed by atoms with E-state index in [4.69, 9.17) is 16.3 Å². The fourth-order valence-corrected chi connectivity index (χ4v) is 4.13. The summed E-state index contributed by atoms with van der Waals surface area (Å²) in [7, 11) is 0. The van der Waals surface area contributed by atoms with Crippen molar-refractivity contribution in [1.82, 2.24) is 19.9 Å². The Balaban J connectivity index is 2.03. The lowest BCUT2D eigenvalue weighted by atomic mass is 10.2. The van der Waals surface area contributed by atoms with Crippen LogP contribution in [0.2, 0.25) is 5.02 Å². The van der Waals surface area contributed by atoms with Gasteiger partial charge in [-0.15, -0.1) is 11.3 Å². The van der Waals surface area contributed by atoms with Gasteiger partial charge in [-0.05, 0) is 32.2 Å². The van der Waals surface area contributed by atoms with Crippen LogP contribution in [0.25, 0.3) is 27.7 Å². The summed E-state index contributed by atoms with van der Waals surface area (Å²) in [6, 6.07) is 1.80. The molecule has 28 heavy (non-hydrogen) atoms. The third-order valence-corrected chi connectivity index (χ3v) is 5.27. The summed E-state index contributed by atoms with van der Waals surface area (Å²) >= 11 is 7.83. The molecule has 7 nitrogen and oxygen atoms in total. The third kappa shape index (κ3) is 3.98. The Hall–Kier alpha value is -2.58. The van der Waals surface area contributed by atoms with Gasteiger partial charge in [0.2, 0.25) is 0 Å². The van der Waals surface area contributed by atoms with Gasteiger partial charge in [0.15, 0.2) is 0 Å². The number of carbonyl (C=O) groups is 1. The van der Waals surface area contributed by atoms with Crippen LogP contribution in [0.15, 0.2) is 29.1 Å². The molecule has 0 atom stereocenters. The second-order valence-corrected chi connectivity index (χ2v) is 8.40. The van der Waals surface area contributed by atoms with Crippen LogP contribution in [0.4, 0.5) is 4.79 Å². The number of carbonyl (C=O) groups excluding carboxylic acids is 1. The summed E-state index contributed by atoms with van der Waals surface area (Å²) in [6.07, 6.45) is 2.51. The topological polar surface area (TPSA) is 89.0 Å². The van der Waals surface area contributed by atoms with Crippen LogP contribution in [-0.2, 0) is 11.3 Å². The average Bonchev–Trinajstić information content (AvgIpc) is 3.14. The first-order valence-electron chi connectivity index (χ1n) is 8.65. The van der Waals surface area contributed by atoms with Gasteiger partial charge < -0.3 is 19.6 Å². The van der Waals surface area contributed by atoms with Gasteiger partial charge in [-0.25, -0.2) is 9.78 Å². The predicted molar refractivity (Wildman–Crippen MR) is 113 cm³/mol. The highest BCUT2D eigenvalue weighted by molar-refractivity contribution is 7.14. The lowest BCUT2D eigenvalue weighted by Gasteiger charge is -2.20. The molecule has 0 aliphatic heterocycles. The third-order valence-electron chi connectivity index (χ3n) is 3.92. The molecule has 1 amide bonds. The number of thiophene rings is 1. The number of aromatic amines is 1. The number of rotatable bonds is 5. The second kappa shape index (κ2) is 7.81. The fourth-order valence-electron chi connectivity index (χ4n) is 2.92. The summed E-state index contributed by atoms with van der Waals surface area (Å²) in [4.78, 5) is 32.2. The molecule has 0 aliphatic rings. The number of alkyl carbamates (subject to hydrolysis) is 1. The molecule has 9 heteroatoms. The first-order chi connectivity index (χ1) is 13.2. The molecule has 2 N–H and O–H groups in total. The van der Waals surface area contributed by atoms with Gasteiger partial charge in [0, 0.05) is 18.7 Å². The van der Waals surface area contributed by atoms with Gasteiger partial charge in [0.1, 0.15) is 16.6 Å². The van der Waals surface area contributed by atoms with Crippen LogP contribution in [0.5, 0.6) is 0 Å². The zero-order valence-electron chi connectivity index (χ0n) is 15.8. The summed E-state index contributed by atoms with van der Waals surface area (Å²) in [5.41, 5.74) is 1.56. The average molecular weight is 421 g/mol. The SMILES string of the molecule is C=Cc1c(-c2sccc2Cl)n(CCNC(=O)OC(C)(C)C)c2c(=O)[nH]cnc12. The number of hydrogen-bond acceptors (Lipinski definition) is 5. The minimum atomic E-state index is -0.586. The van der Waals surface area contributed by atoms with E-state index in [0.29, 0.717) is 22.6 Å². The Morgan fingerprint density at radius 3 is 2.86 bits per heavy atom. The smallest absolute Gasteiger partial charge is 0.407 e. The number of hydrogen-bond donors (Lipinski definition) is 2. The molecular weight excluding hydrogens is 400 g/mol. The van der Waals surface area contributed by atoms with Crippen molar-refractivity contribution in [3.05, 3.63) is 45.3 Å². The zero-order chi connectivity index (χ0) is 20.5. The lowest BCUT2D eigenvalue weighted by Crippen LogP contribution is -2.34. The number of fused-ring (bicyclic) bond motifs is 1. The Kier molecular flexibility index (Phi) is 5.62. The molecule has 0 bridgehead atoms. The Labute approximate surface area is 171 Å². The number of halogens is 1. The van der Waals surface area contributed by atoms with E-state index in [0.717, 1.165) is 16.1 Å². The zero-order valence-corrected chi connectivity index (χ0v) is 17.4. The van der Waals surface area contributed by atoms with Crippen molar-refractivity contribution in [2.45, 2.75) is 32.9 Å². The van der Waals surface area contributed by atoms with Gasteiger partial charge in [-0.1, -0.05) is 24.3 Å². The largest absolute Gasteiger partial charge is 0.444 e. The van der Waals surface area contributed by atoms with Crippen molar-refractivity contribution in [1.29, 1.82) is 0 Å². The van der Waals surface area contributed by atoms with Crippen molar-refractivity contribution >= 4 is 46.1 Å². The number of H-pyrrole nitrogens is 1. The van der Waals surface area contributed by atoms with E-state index in [9.17, 15) is 9.59 Å². The molecular formula is C19H21ClN4O3S. The maximum absolute atomic E-state index is 12.5. The minimum absolute atomic E-state index is 0.263. The van der Waals surface area contributed by atoms with Crippen LogP contribution in [0.1, 0.15) is 26.3 Å². The molecule has 0 spiro atoms. The summed E-state index contributed by atoms with van der Waals surface area (Å²) in [5.74, 6) is 0. The van der Waals surface area contributed by atoms with Crippen molar-refractivity contribution in [2.24, 2.45) is 0 Å². The minimum Gasteiger partial charge on any atom is -0.444 e. The number of aromatic nitrogens is 3. The van der Waals surface area contributed by atoms with Gasteiger partial charge in [-0.3, -0.25) is 4.79 Å². The van der Waals surface area contributed by atoms with Crippen molar-refractivity contribution in [2.75, 3.05) is 6.54 Å². The van der Waals surface area contributed by atoms with Gasteiger partial charge >= 0.3 is 6.09 Å². The van der Waals surface area contributed by atoms with Crippen molar-refractivity contribution in [3.63, 3.8) is 0 Å². The molecule has 0 fully saturated rings. The summed E-state index contributed by atoms with van der Waals surface area (Å²) < 4.78 is 7.07. The second-order valence-electron chi connectivity index (χ2n) is 7.07. The molecule has 0 saturated heterocycles. The monoisotopic (exact) mass is 420 g/mol. The van der Waals surface area contributed by atoms with E-state index in [1.54, 1.807) is 32.9 Å². The number of nitrogens with one attached hydrogen (secondary N) is 2. The van der Waals surface area contributed by atoms with E-state index in [2.05, 4.69) is 21.9 Å². The maximum Gasteiger partial charge on any atom is 0.407 e. The molecule has 0 aromatic carbocycles. The van der Waals surface area contributed by atoms with Gasteiger partial charge in [0.05, 0.1) is 21.9 Å². The van der Waals surface area contributed by atoms with Gasteiger partial charge in [0.25, 0.3) is 5.56 Å². The highest BCUT2D eigenvalue weighted by Gasteiger charge is 2.23. The van der Waals surface area contributed by atoms with Crippen LogP contribution in [0, 0.1) is 0 Å². The van der Waals surface area contributed by atoms with Crippen LogP contribution < -0.4 is 10.9 Å². The molecule has 0 radical (unpaired) electrons. The maximum atomic E-state index is 12.5. The Bertz CT molecular complexity index is 1090. The molecule has 0 unspecified atom stereocenters. The van der Waals surface area contributed by atoms with E-state index in [1.165, 1.54) is 17.7 Å². The first kappa shape index (κ1) is 20.2. The molecule has 3 heterocycles. The normalized spacial score (nSPS) is 11.6. The molecule has 0 saturated carbocycles. The lowest BCUT2D eigenvalue weighted by molar-refractivity contribution is 0.0526. The van der Waals surface area contributed by atoms with E-state index in [1.807, 2.05) is 9.95 Å². The van der Waals surface area contributed by atoms with E-state index < -0.39 is 11.7 Å². The molecule has 3 aromatic heterocycles. The quantitative estimate of drug-likeness (QED) is 0.644. The fraction of sp³-hybridized carbons (Fsp3) is 0.316. The summed E-state index contributed by atoms with van der Waals surface area (Å²) in [6.45, 7) is 9.87. The number of ether oxygens (including phenoxy) is 1. The highest BCUT2D eigenvalue weighted by Crippen LogP contribution is 2.39.